The highest BCUT2D eigenvalue weighted by Crippen LogP contribution is 2.42. The molecule has 2 aliphatic rings. The van der Waals surface area contributed by atoms with Gasteiger partial charge in [-0.1, -0.05) is 36.0 Å². The summed E-state index contributed by atoms with van der Waals surface area (Å²) in [6.07, 6.45) is 1.85. The maximum atomic E-state index is 13.7. The van der Waals surface area contributed by atoms with Crippen LogP contribution in [0.3, 0.4) is 0 Å². The van der Waals surface area contributed by atoms with Gasteiger partial charge in [-0.2, -0.15) is 0 Å². The first-order valence-corrected chi connectivity index (χ1v) is 12.1. The molecule has 0 N–H and O–H groups in total. The first kappa shape index (κ1) is 22.5. The summed E-state index contributed by atoms with van der Waals surface area (Å²) in [7, 11) is 1.62. The van der Waals surface area contributed by atoms with Crippen LogP contribution in [0.5, 0.6) is 5.75 Å². The minimum absolute atomic E-state index is 0.0389. The van der Waals surface area contributed by atoms with Crippen molar-refractivity contribution in [2.45, 2.75) is 35.3 Å². The van der Waals surface area contributed by atoms with Crippen LogP contribution in [-0.4, -0.2) is 38.3 Å². The average Bonchev–Trinajstić information content (AvgIpc) is 3.37. The monoisotopic (exact) mass is 475 g/mol. The molecule has 0 aliphatic carbocycles. The number of methoxy groups -OCH3 is 1. The van der Waals surface area contributed by atoms with E-state index in [2.05, 4.69) is 0 Å². The van der Waals surface area contributed by atoms with Gasteiger partial charge >= 0.3 is 5.97 Å². The Morgan fingerprint density at radius 1 is 1.09 bits per heavy atom. The van der Waals surface area contributed by atoms with E-state index in [1.165, 1.54) is 11.8 Å². The number of nitrogens with zero attached hydrogens (tertiary/aromatic N) is 1. The highest BCUT2D eigenvalue weighted by molar-refractivity contribution is 7.99. The van der Waals surface area contributed by atoms with E-state index in [1.54, 1.807) is 24.1 Å². The van der Waals surface area contributed by atoms with Gasteiger partial charge in [-0.3, -0.25) is 4.79 Å². The lowest BCUT2D eigenvalue weighted by Crippen LogP contribution is -2.30. The van der Waals surface area contributed by atoms with Crippen molar-refractivity contribution >= 4 is 29.3 Å². The van der Waals surface area contributed by atoms with E-state index in [4.69, 9.17) is 14.2 Å². The number of rotatable bonds is 6. The second kappa shape index (κ2) is 9.91. The Hall–Kier alpha value is -3.29. The Kier molecular flexibility index (Phi) is 6.56. The van der Waals surface area contributed by atoms with E-state index in [0.717, 1.165) is 33.9 Å². The fourth-order valence-electron chi connectivity index (χ4n) is 4.15. The molecular formula is C27H25NO5S. The zero-order chi connectivity index (χ0) is 23.5. The third-order valence-electron chi connectivity index (χ3n) is 5.99. The molecule has 0 aromatic heterocycles. The summed E-state index contributed by atoms with van der Waals surface area (Å²) < 4.78 is 16.3. The molecule has 2 aliphatic heterocycles. The molecule has 34 heavy (non-hydrogen) atoms. The van der Waals surface area contributed by atoms with Crippen molar-refractivity contribution in [3.63, 3.8) is 0 Å². The number of carbonyl (C=O) groups is 2. The van der Waals surface area contributed by atoms with Crippen molar-refractivity contribution in [1.82, 2.24) is 0 Å². The molecule has 7 heteroatoms. The molecule has 1 saturated heterocycles. The summed E-state index contributed by atoms with van der Waals surface area (Å²) in [5.41, 5.74) is 2.69. The van der Waals surface area contributed by atoms with E-state index >= 15 is 0 Å². The first-order chi connectivity index (χ1) is 16.6. The van der Waals surface area contributed by atoms with Crippen molar-refractivity contribution in [1.29, 1.82) is 0 Å². The number of esters is 1. The Bertz CT molecular complexity index is 1200. The molecule has 5 rings (SSSR count). The van der Waals surface area contributed by atoms with Crippen LogP contribution >= 0.6 is 11.8 Å². The van der Waals surface area contributed by atoms with Crippen LogP contribution in [0, 0.1) is 0 Å². The topological polar surface area (TPSA) is 65.1 Å². The van der Waals surface area contributed by atoms with Crippen LogP contribution in [0.1, 0.15) is 39.1 Å². The van der Waals surface area contributed by atoms with E-state index in [9.17, 15) is 9.59 Å². The van der Waals surface area contributed by atoms with Crippen molar-refractivity contribution in [3.8, 4) is 5.75 Å². The number of benzene rings is 3. The van der Waals surface area contributed by atoms with E-state index in [1.807, 2.05) is 54.6 Å². The standard InChI is InChI=1S/C27H25NO5S/c1-31-20-11-8-18(9-12-20)16-28-23-15-19(27(30)33-17-21-5-4-14-32-21)10-13-25(23)34-24-7-3-2-6-22(24)26(28)29/h2-3,6-13,15,21H,4-5,14,16-17H2,1H3. The fourth-order valence-corrected chi connectivity index (χ4v) is 5.20. The van der Waals surface area contributed by atoms with Gasteiger partial charge in [-0.05, 0) is 60.9 Å². The van der Waals surface area contributed by atoms with Crippen molar-refractivity contribution in [3.05, 3.63) is 83.4 Å². The van der Waals surface area contributed by atoms with Gasteiger partial charge in [-0.25, -0.2) is 4.79 Å². The lowest BCUT2D eigenvalue weighted by atomic mass is 10.1. The molecule has 1 atom stereocenters. The fraction of sp³-hybridized carbons (Fsp3) is 0.259. The molecule has 1 fully saturated rings. The Morgan fingerprint density at radius 2 is 1.91 bits per heavy atom. The van der Waals surface area contributed by atoms with Gasteiger partial charge < -0.3 is 19.1 Å². The number of hydrogen-bond donors (Lipinski definition) is 0. The van der Waals surface area contributed by atoms with Crippen molar-refractivity contribution < 1.29 is 23.8 Å². The van der Waals surface area contributed by atoms with E-state index < -0.39 is 5.97 Å². The van der Waals surface area contributed by atoms with E-state index in [-0.39, 0.29) is 18.6 Å². The number of ether oxygens (including phenoxy) is 3. The number of hydrogen-bond acceptors (Lipinski definition) is 6. The Morgan fingerprint density at radius 3 is 2.68 bits per heavy atom. The van der Waals surface area contributed by atoms with Gasteiger partial charge in [0, 0.05) is 16.4 Å². The summed E-state index contributed by atoms with van der Waals surface area (Å²) >= 11 is 1.53. The average molecular weight is 476 g/mol. The third-order valence-corrected chi connectivity index (χ3v) is 7.13. The van der Waals surface area contributed by atoms with Crippen LogP contribution in [0.4, 0.5) is 5.69 Å². The zero-order valence-corrected chi connectivity index (χ0v) is 19.7. The molecule has 6 nitrogen and oxygen atoms in total. The molecule has 1 unspecified atom stereocenters. The maximum absolute atomic E-state index is 13.7. The number of carbonyl (C=O) groups excluding carboxylic acids is 2. The van der Waals surface area contributed by atoms with Gasteiger partial charge in [0.25, 0.3) is 5.91 Å². The molecular weight excluding hydrogens is 450 g/mol. The molecule has 174 valence electrons. The smallest absolute Gasteiger partial charge is 0.338 e. The van der Waals surface area contributed by atoms with Gasteiger partial charge in [0.05, 0.1) is 36.6 Å². The van der Waals surface area contributed by atoms with Crippen LogP contribution in [-0.2, 0) is 16.0 Å². The molecule has 3 aromatic rings. The lowest BCUT2D eigenvalue weighted by Gasteiger charge is -2.24. The van der Waals surface area contributed by atoms with Crippen molar-refractivity contribution in [2.24, 2.45) is 0 Å². The van der Waals surface area contributed by atoms with E-state index in [0.29, 0.717) is 30.0 Å². The molecule has 0 radical (unpaired) electrons. The summed E-state index contributed by atoms with van der Waals surface area (Å²) in [5, 5.41) is 0. The first-order valence-electron chi connectivity index (χ1n) is 11.3. The van der Waals surface area contributed by atoms with Crippen LogP contribution < -0.4 is 9.64 Å². The summed E-state index contributed by atoms with van der Waals surface area (Å²) in [6, 6.07) is 20.6. The quantitative estimate of drug-likeness (QED) is 0.448. The van der Waals surface area contributed by atoms with Gasteiger partial charge in [0.1, 0.15) is 12.4 Å². The molecule has 1 amide bonds. The highest BCUT2D eigenvalue weighted by Gasteiger charge is 2.28. The Labute approximate surface area is 202 Å². The number of fused-ring (bicyclic) bond motifs is 2. The van der Waals surface area contributed by atoms with Gasteiger partial charge in [-0.15, -0.1) is 0 Å². The largest absolute Gasteiger partial charge is 0.497 e. The normalized spacial score (nSPS) is 17.0. The SMILES string of the molecule is COc1ccc(CN2C(=O)c3ccccc3Sc3ccc(C(=O)OCC4CCCO4)cc32)cc1. The molecule has 0 saturated carbocycles. The highest BCUT2D eigenvalue weighted by atomic mass is 32.2. The minimum Gasteiger partial charge on any atom is -0.497 e. The molecule has 2 heterocycles. The van der Waals surface area contributed by atoms with Crippen LogP contribution in [0.15, 0.2) is 76.5 Å². The summed E-state index contributed by atoms with van der Waals surface area (Å²) in [6.45, 7) is 1.31. The Balaban J connectivity index is 1.48. The second-order valence-corrected chi connectivity index (χ2v) is 9.34. The molecule has 3 aromatic carbocycles. The van der Waals surface area contributed by atoms with Crippen LogP contribution in [0.2, 0.25) is 0 Å². The lowest BCUT2D eigenvalue weighted by molar-refractivity contribution is 0.0161. The second-order valence-electron chi connectivity index (χ2n) is 8.25. The number of amides is 1. The minimum atomic E-state index is -0.415. The van der Waals surface area contributed by atoms with Gasteiger partial charge in [0.15, 0.2) is 0 Å². The maximum Gasteiger partial charge on any atom is 0.338 e. The van der Waals surface area contributed by atoms with Gasteiger partial charge in [0.2, 0.25) is 0 Å². The summed E-state index contributed by atoms with van der Waals surface area (Å²) in [4.78, 5) is 30.0. The van der Waals surface area contributed by atoms with Crippen molar-refractivity contribution in [2.75, 3.05) is 25.2 Å². The molecule has 0 spiro atoms. The van der Waals surface area contributed by atoms with Crippen LogP contribution in [0.25, 0.3) is 0 Å². The summed E-state index contributed by atoms with van der Waals surface area (Å²) in [5.74, 6) is 0.230. The predicted molar refractivity (Wildman–Crippen MR) is 130 cm³/mol. The third kappa shape index (κ3) is 4.67. The zero-order valence-electron chi connectivity index (χ0n) is 18.9. The predicted octanol–water partition coefficient (Wildman–Crippen LogP) is 5.34. The number of anilines is 1. The molecule has 0 bridgehead atoms.